The Morgan fingerprint density at radius 3 is 2.40 bits per heavy atom. The van der Waals surface area contributed by atoms with Gasteiger partial charge in [0, 0.05) is 13.1 Å². The number of benzene rings is 1. The minimum absolute atomic E-state index is 0.144. The lowest BCUT2D eigenvalue weighted by Crippen LogP contribution is -2.35. The van der Waals surface area contributed by atoms with Gasteiger partial charge in [0.05, 0.1) is 0 Å². The zero-order valence-corrected chi connectivity index (χ0v) is 12.7. The standard InChI is InChI=1S/C13H20F2N2O2S/c1-4-9(3)8-17(5-2)20(18,19)11-7-6-10(14)13(16)12(11)15/h6-7,9H,4-5,8,16H2,1-3H3. The summed E-state index contributed by atoms with van der Waals surface area (Å²) in [5, 5.41) is 0. The molecule has 0 aliphatic carbocycles. The molecule has 7 heteroatoms. The van der Waals surface area contributed by atoms with Gasteiger partial charge >= 0.3 is 0 Å². The quantitative estimate of drug-likeness (QED) is 0.822. The van der Waals surface area contributed by atoms with Gasteiger partial charge in [0.25, 0.3) is 0 Å². The molecule has 0 aliphatic rings. The summed E-state index contributed by atoms with van der Waals surface area (Å²) < 4.78 is 53.0. The molecule has 0 radical (unpaired) electrons. The fraction of sp³-hybridized carbons (Fsp3) is 0.538. The van der Waals surface area contributed by atoms with Gasteiger partial charge in [-0.2, -0.15) is 4.31 Å². The number of halogens is 2. The van der Waals surface area contributed by atoms with Crippen molar-refractivity contribution >= 4 is 15.7 Å². The van der Waals surface area contributed by atoms with Crippen molar-refractivity contribution in [3.63, 3.8) is 0 Å². The summed E-state index contributed by atoms with van der Waals surface area (Å²) in [6.45, 7) is 6.02. The summed E-state index contributed by atoms with van der Waals surface area (Å²) in [5.41, 5.74) is 4.44. The molecule has 20 heavy (non-hydrogen) atoms. The number of hydrogen-bond acceptors (Lipinski definition) is 3. The summed E-state index contributed by atoms with van der Waals surface area (Å²) in [4.78, 5) is -0.582. The first-order valence-corrected chi connectivity index (χ1v) is 7.93. The predicted octanol–water partition coefficient (Wildman–Crippen LogP) is 2.60. The number of nitrogen functional groups attached to an aromatic ring is 1. The molecule has 1 aromatic carbocycles. The highest BCUT2D eigenvalue weighted by Gasteiger charge is 2.29. The smallest absolute Gasteiger partial charge is 0.246 e. The molecule has 2 N–H and O–H groups in total. The van der Waals surface area contributed by atoms with Gasteiger partial charge in [-0.3, -0.25) is 0 Å². The zero-order chi connectivity index (χ0) is 15.5. The Labute approximate surface area is 118 Å². The molecular formula is C13H20F2N2O2S. The van der Waals surface area contributed by atoms with Gasteiger partial charge in [-0.05, 0) is 18.1 Å². The Morgan fingerprint density at radius 2 is 1.90 bits per heavy atom. The molecule has 114 valence electrons. The third-order valence-corrected chi connectivity index (χ3v) is 5.23. The first-order chi connectivity index (χ1) is 9.25. The molecule has 1 aromatic rings. The van der Waals surface area contributed by atoms with E-state index in [1.807, 2.05) is 13.8 Å². The minimum Gasteiger partial charge on any atom is -0.394 e. The Morgan fingerprint density at radius 1 is 1.30 bits per heavy atom. The molecule has 0 bridgehead atoms. The summed E-state index contributed by atoms with van der Waals surface area (Å²) in [6.07, 6.45) is 0.806. The summed E-state index contributed by atoms with van der Waals surface area (Å²) in [6, 6.07) is 1.78. The summed E-state index contributed by atoms with van der Waals surface area (Å²) >= 11 is 0. The monoisotopic (exact) mass is 306 g/mol. The predicted molar refractivity (Wildman–Crippen MR) is 74.7 cm³/mol. The van der Waals surface area contributed by atoms with Gasteiger partial charge in [0.1, 0.15) is 16.4 Å². The molecule has 0 saturated carbocycles. The van der Waals surface area contributed by atoms with Crippen LogP contribution in [0.4, 0.5) is 14.5 Å². The summed E-state index contributed by atoms with van der Waals surface area (Å²) in [7, 11) is -4.01. The highest BCUT2D eigenvalue weighted by atomic mass is 32.2. The maximum absolute atomic E-state index is 13.9. The molecule has 0 aromatic heterocycles. The Balaban J connectivity index is 3.24. The average molecular weight is 306 g/mol. The van der Waals surface area contributed by atoms with Crippen molar-refractivity contribution in [3.8, 4) is 0 Å². The van der Waals surface area contributed by atoms with E-state index in [1.165, 1.54) is 4.31 Å². The topological polar surface area (TPSA) is 63.4 Å². The van der Waals surface area contributed by atoms with Crippen LogP contribution in [0.5, 0.6) is 0 Å². The van der Waals surface area contributed by atoms with Gasteiger partial charge in [-0.25, -0.2) is 17.2 Å². The van der Waals surface area contributed by atoms with E-state index in [2.05, 4.69) is 0 Å². The normalized spacial score (nSPS) is 13.7. The lowest BCUT2D eigenvalue weighted by Gasteiger charge is -2.23. The first kappa shape index (κ1) is 16.8. The zero-order valence-electron chi connectivity index (χ0n) is 11.9. The van der Waals surface area contributed by atoms with Crippen molar-refractivity contribution in [2.45, 2.75) is 32.1 Å². The van der Waals surface area contributed by atoms with Gasteiger partial charge in [-0.1, -0.05) is 27.2 Å². The van der Waals surface area contributed by atoms with Crippen molar-refractivity contribution in [2.75, 3.05) is 18.8 Å². The molecule has 0 heterocycles. The largest absolute Gasteiger partial charge is 0.394 e. The van der Waals surface area contributed by atoms with Crippen LogP contribution in [-0.4, -0.2) is 25.8 Å². The van der Waals surface area contributed by atoms with E-state index in [4.69, 9.17) is 5.73 Å². The lowest BCUT2D eigenvalue weighted by molar-refractivity contribution is 0.360. The Hall–Kier alpha value is -1.21. The second kappa shape index (κ2) is 6.49. The molecular weight excluding hydrogens is 286 g/mol. The molecule has 1 rings (SSSR count). The number of sulfonamides is 1. The van der Waals surface area contributed by atoms with Crippen LogP contribution in [0.3, 0.4) is 0 Å². The minimum atomic E-state index is -4.01. The Bertz CT molecular complexity index is 576. The van der Waals surface area contributed by atoms with E-state index in [1.54, 1.807) is 6.92 Å². The molecule has 0 saturated heterocycles. The van der Waals surface area contributed by atoms with Crippen LogP contribution in [0, 0.1) is 17.6 Å². The molecule has 0 spiro atoms. The van der Waals surface area contributed by atoms with Crippen molar-refractivity contribution in [2.24, 2.45) is 5.92 Å². The van der Waals surface area contributed by atoms with Crippen LogP contribution in [0.2, 0.25) is 0 Å². The van der Waals surface area contributed by atoms with Crippen LogP contribution in [-0.2, 0) is 10.0 Å². The SMILES string of the molecule is CCC(C)CN(CC)S(=O)(=O)c1ccc(F)c(N)c1F. The van der Waals surface area contributed by atoms with Gasteiger partial charge < -0.3 is 5.73 Å². The molecule has 4 nitrogen and oxygen atoms in total. The summed E-state index contributed by atoms with van der Waals surface area (Å²) in [5.74, 6) is -2.05. The fourth-order valence-corrected chi connectivity index (χ4v) is 3.41. The Kier molecular flexibility index (Phi) is 5.47. The van der Waals surface area contributed by atoms with Crippen molar-refractivity contribution in [1.29, 1.82) is 0 Å². The third-order valence-electron chi connectivity index (χ3n) is 3.27. The van der Waals surface area contributed by atoms with E-state index >= 15 is 0 Å². The number of nitrogens with two attached hydrogens (primary N) is 1. The first-order valence-electron chi connectivity index (χ1n) is 6.49. The second-order valence-electron chi connectivity index (χ2n) is 4.74. The number of hydrogen-bond donors (Lipinski definition) is 1. The van der Waals surface area contributed by atoms with Crippen LogP contribution in [0.25, 0.3) is 0 Å². The molecule has 0 amide bonds. The van der Waals surface area contributed by atoms with Crippen LogP contribution in [0.15, 0.2) is 17.0 Å². The number of rotatable bonds is 6. The number of anilines is 1. The van der Waals surface area contributed by atoms with Crippen LogP contribution < -0.4 is 5.73 Å². The number of nitrogens with zero attached hydrogens (tertiary/aromatic N) is 1. The van der Waals surface area contributed by atoms with Gasteiger partial charge in [0.2, 0.25) is 10.0 Å². The van der Waals surface area contributed by atoms with E-state index in [-0.39, 0.29) is 19.0 Å². The molecule has 0 aliphatic heterocycles. The van der Waals surface area contributed by atoms with Crippen LogP contribution >= 0.6 is 0 Å². The highest BCUT2D eigenvalue weighted by molar-refractivity contribution is 7.89. The van der Waals surface area contributed by atoms with E-state index < -0.39 is 32.2 Å². The highest BCUT2D eigenvalue weighted by Crippen LogP contribution is 2.26. The van der Waals surface area contributed by atoms with E-state index in [0.717, 1.165) is 18.6 Å². The second-order valence-corrected chi connectivity index (χ2v) is 6.65. The average Bonchev–Trinajstić information content (AvgIpc) is 2.41. The van der Waals surface area contributed by atoms with Crippen molar-refractivity contribution in [1.82, 2.24) is 4.31 Å². The van der Waals surface area contributed by atoms with Gasteiger partial charge in [-0.15, -0.1) is 0 Å². The molecule has 0 fully saturated rings. The molecule has 1 atom stereocenters. The van der Waals surface area contributed by atoms with Gasteiger partial charge in [0.15, 0.2) is 5.82 Å². The van der Waals surface area contributed by atoms with Crippen molar-refractivity contribution < 1.29 is 17.2 Å². The van der Waals surface area contributed by atoms with E-state index in [0.29, 0.717) is 0 Å². The van der Waals surface area contributed by atoms with E-state index in [9.17, 15) is 17.2 Å². The maximum Gasteiger partial charge on any atom is 0.246 e. The van der Waals surface area contributed by atoms with Crippen molar-refractivity contribution in [3.05, 3.63) is 23.8 Å². The molecule has 1 unspecified atom stereocenters. The van der Waals surface area contributed by atoms with Crippen LogP contribution in [0.1, 0.15) is 27.2 Å². The third kappa shape index (κ3) is 3.27. The lowest BCUT2D eigenvalue weighted by atomic mass is 10.1. The fourth-order valence-electron chi connectivity index (χ4n) is 1.76. The maximum atomic E-state index is 13.9.